The zero-order valence-electron chi connectivity index (χ0n) is 10.4. The van der Waals surface area contributed by atoms with Gasteiger partial charge in [0, 0.05) is 0 Å². The van der Waals surface area contributed by atoms with Crippen molar-refractivity contribution in [1.29, 1.82) is 10.5 Å². The molecular formula is C15H9N5. The van der Waals surface area contributed by atoms with Crippen molar-refractivity contribution in [2.24, 2.45) is 0 Å². The average Bonchev–Trinajstić information content (AvgIpc) is 2.82. The summed E-state index contributed by atoms with van der Waals surface area (Å²) in [5.41, 5.74) is 6.81. The van der Waals surface area contributed by atoms with Crippen molar-refractivity contribution >= 4 is 16.5 Å². The number of rotatable bonds is 1. The number of hydrogen-bond donors (Lipinski definition) is 1. The second-order valence-corrected chi connectivity index (χ2v) is 4.28. The van der Waals surface area contributed by atoms with Crippen molar-refractivity contribution in [1.82, 2.24) is 9.78 Å². The monoisotopic (exact) mass is 259 g/mol. The molecule has 0 spiro atoms. The molecule has 1 aromatic heterocycles. The Balaban J connectivity index is 2.26. The molecule has 0 radical (unpaired) electrons. The van der Waals surface area contributed by atoms with Crippen LogP contribution in [0.2, 0.25) is 0 Å². The molecule has 0 fully saturated rings. The largest absolute Gasteiger partial charge is 0.394 e. The molecule has 0 unspecified atom stereocenters. The number of fused-ring (bicyclic) bond motifs is 1. The first kappa shape index (κ1) is 11.8. The lowest BCUT2D eigenvalue weighted by molar-refractivity contribution is 0.861. The molecule has 0 aliphatic heterocycles. The minimum absolute atomic E-state index is 0.0645. The minimum Gasteiger partial charge on any atom is -0.394 e. The summed E-state index contributed by atoms with van der Waals surface area (Å²) in [4.78, 5) is 0. The molecule has 0 amide bonds. The van der Waals surface area contributed by atoms with Gasteiger partial charge in [-0.25, -0.2) is 4.68 Å². The van der Waals surface area contributed by atoms with Crippen molar-refractivity contribution in [2.45, 2.75) is 0 Å². The Morgan fingerprint density at radius 3 is 2.45 bits per heavy atom. The average molecular weight is 259 g/mol. The molecule has 0 saturated heterocycles. The number of nitriles is 2. The molecule has 20 heavy (non-hydrogen) atoms. The standard InChI is InChI=1S/C15H9N5/c16-8-13-15(18)14(9-17)20(19-13)12-6-5-10-3-1-2-4-11(10)7-12/h1-7H,18H2. The van der Waals surface area contributed by atoms with Crippen LogP contribution in [-0.4, -0.2) is 9.78 Å². The highest BCUT2D eigenvalue weighted by Gasteiger charge is 2.16. The molecule has 5 heteroatoms. The predicted molar refractivity (Wildman–Crippen MR) is 74.9 cm³/mol. The van der Waals surface area contributed by atoms with Crippen LogP contribution >= 0.6 is 0 Å². The minimum atomic E-state index is 0.0645. The molecule has 0 bridgehead atoms. The summed E-state index contributed by atoms with van der Waals surface area (Å²) in [6.45, 7) is 0. The van der Waals surface area contributed by atoms with Gasteiger partial charge in [0.05, 0.1) is 5.69 Å². The Labute approximate surface area is 115 Å². The van der Waals surface area contributed by atoms with Gasteiger partial charge in [-0.2, -0.15) is 15.6 Å². The van der Waals surface area contributed by atoms with Gasteiger partial charge in [0.1, 0.15) is 17.8 Å². The van der Waals surface area contributed by atoms with E-state index in [1.165, 1.54) is 4.68 Å². The topological polar surface area (TPSA) is 91.4 Å². The van der Waals surface area contributed by atoms with E-state index in [9.17, 15) is 5.26 Å². The van der Waals surface area contributed by atoms with Gasteiger partial charge in [0.15, 0.2) is 11.4 Å². The van der Waals surface area contributed by atoms with E-state index in [2.05, 4.69) is 5.10 Å². The summed E-state index contributed by atoms with van der Waals surface area (Å²) in [7, 11) is 0. The Hall–Kier alpha value is -3.31. The van der Waals surface area contributed by atoms with E-state index in [0.717, 1.165) is 10.8 Å². The van der Waals surface area contributed by atoms with Crippen LogP contribution in [0.1, 0.15) is 11.4 Å². The normalized spacial score (nSPS) is 10.1. The van der Waals surface area contributed by atoms with Crippen molar-refractivity contribution in [2.75, 3.05) is 5.73 Å². The Bertz CT molecular complexity index is 893. The maximum absolute atomic E-state index is 9.18. The van der Waals surface area contributed by atoms with Gasteiger partial charge in [-0.1, -0.05) is 30.3 Å². The van der Waals surface area contributed by atoms with Crippen LogP contribution in [0.15, 0.2) is 42.5 Å². The molecule has 0 aliphatic rings. The highest BCUT2D eigenvalue weighted by Crippen LogP contribution is 2.23. The third-order valence-electron chi connectivity index (χ3n) is 3.11. The second-order valence-electron chi connectivity index (χ2n) is 4.28. The summed E-state index contributed by atoms with van der Waals surface area (Å²) < 4.78 is 1.40. The van der Waals surface area contributed by atoms with E-state index >= 15 is 0 Å². The molecule has 1 heterocycles. The lowest BCUT2D eigenvalue weighted by Gasteiger charge is -2.04. The summed E-state index contributed by atoms with van der Waals surface area (Å²) in [6, 6.07) is 17.4. The van der Waals surface area contributed by atoms with Gasteiger partial charge in [-0.3, -0.25) is 0 Å². The third-order valence-corrected chi connectivity index (χ3v) is 3.11. The molecule has 2 N–H and O–H groups in total. The SMILES string of the molecule is N#Cc1nn(-c2ccc3ccccc3c2)c(C#N)c1N. The fraction of sp³-hybridized carbons (Fsp3) is 0. The van der Waals surface area contributed by atoms with Gasteiger partial charge in [0.2, 0.25) is 0 Å². The van der Waals surface area contributed by atoms with Crippen LogP contribution in [-0.2, 0) is 0 Å². The zero-order valence-corrected chi connectivity index (χ0v) is 10.4. The molecular weight excluding hydrogens is 250 g/mol. The van der Waals surface area contributed by atoms with Crippen molar-refractivity contribution in [3.63, 3.8) is 0 Å². The zero-order chi connectivity index (χ0) is 14.1. The first-order valence-corrected chi connectivity index (χ1v) is 5.92. The summed E-state index contributed by atoms with van der Waals surface area (Å²) >= 11 is 0. The van der Waals surface area contributed by atoms with Crippen LogP contribution in [0, 0.1) is 22.7 Å². The number of aromatic nitrogens is 2. The van der Waals surface area contributed by atoms with Gasteiger partial charge in [-0.15, -0.1) is 0 Å². The first-order valence-electron chi connectivity index (χ1n) is 5.92. The number of hydrogen-bond acceptors (Lipinski definition) is 4. The number of nitrogens with two attached hydrogens (primary N) is 1. The van der Waals surface area contributed by atoms with Crippen LogP contribution in [0.5, 0.6) is 0 Å². The van der Waals surface area contributed by atoms with E-state index in [-0.39, 0.29) is 17.1 Å². The number of nitrogens with zero attached hydrogens (tertiary/aromatic N) is 4. The van der Waals surface area contributed by atoms with Crippen LogP contribution < -0.4 is 5.73 Å². The highest BCUT2D eigenvalue weighted by molar-refractivity contribution is 5.84. The number of anilines is 1. The van der Waals surface area contributed by atoms with Gasteiger partial charge >= 0.3 is 0 Å². The van der Waals surface area contributed by atoms with Gasteiger partial charge in [-0.05, 0) is 22.9 Å². The molecule has 94 valence electrons. The molecule has 0 saturated carbocycles. The van der Waals surface area contributed by atoms with Crippen LogP contribution in [0.3, 0.4) is 0 Å². The first-order chi connectivity index (χ1) is 9.74. The predicted octanol–water partition coefficient (Wildman–Crippen LogP) is 2.35. The third kappa shape index (κ3) is 1.66. The lowest BCUT2D eigenvalue weighted by Crippen LogP contribution is -2.00. The lowest BCUT2D eigenvalue weighted by atomic mass is 10.1. The maximum Gasteiger partial charge on any atom is 0.187 e. The Morgan fingerprint density at radius 1 is 1.00 bits per heavy atom. The van der Waals surface area contributed by atoms with E-state index in [1.807, 2.05) is 54.6 Å². The molecule has 0 aliphatic carbocycles. The van der Waals surface area contributed by atoms with Crippen molar-refractivity contribution < 1.29 is 0 Å². The smallest absolute Gasteiger partial charge is 0.187 e. The molecule has 0 atom stereocenters. The summed E-state index contributed by atoms with van der Waals surface area (Å²) in [5.74, 6) is 0. The molecule has 5 nitrogen and oxygen atoms in total. The molecule has 2 aromatic carbocycles. The fourth-order valence-corrected chi connectivity index (χ4v) is 2.12. The molecule has 3 rings (SSSR count). The van der Waals surface area contributed by atoms with Crippen molar-refractivity contribution in [3.8, 4) is 17.8 Å². The quantitative estimate of drug-likeness (QED) is 0.726. The Morgan fingerprint density at radius 2 is 1.75 bits per heavy atom. The number of nitrogen functional groups attached to an aromatic ring is 1. The van der Waals surface area contributed by atoms with E-state index in [4.69, 9.17) is 11.0 Å². The fourth-order valence-electron chi connectivity index (χ4n) is 2.12. The number of benzene rings is 2. The van der Waals surface area contributed by atoms with Crippen molar-refractivity contribution in [3.05, 3.63) is 53.9 Å². The Kier molecular flexibility index (Phi) is 2.60. The van der Waals surface area contributed by atoms with E-state index in [1.54, 1.807) is 0 Å². The van der Waals surface area contributed by atoms with E-state index in [0.29, 0.717) is 5.69 Å². The molecule has 3 aromatic rings. The summed E-state index contributed by atoms with van der Waals surface area (Å²) in [6.07, 6.45) is 0. The van der Waals surface area contributed by atoms with Crippen LogP contribution in [0.4, 0.5) is 5.69 Å². The maximum atomic E-state index is 9.18. The van der Waals surface area contributed by atoms with E-state index < -0.39 is 0 Å². The van der Waals surface area contributed by atoms with Gasteiger partial charge in [0.25, 0.3) is 0 Å². The van der Waals surface area contributed by atoms with Crippen LogP contribution in [0.25, 0.3) is 16.5 Å². The highest BCUT2D eigenvalue weighted by atomic mass is 15.3. The van der Waals surface area contributed by atoms with Gasteiger partial charge < -0.3 is 5.73 Å². The second kappa shape index (κ2) is 4.42. The summed E-state index contributed by atoms with van der Waals surface area (Å²) in [5, 5.41) is 24.3.